The summed E-state index contributed by atoms with van der Waals surface area (Å²) in [7, 11) is 0. The van der Waals surface area contributed by atoms with Crippen LogP contribution in [0.5, 0.6) is 0 Å². The topological polar surface area (TPSA) is 46.2 Å². The number of benzene rings is 2. The van der Waals surface area contributed by atoms with Gasteiger partial charge in [0.15, 0.2) is 0 Å². The Balaban J connectivity index is 2.05. The summed E-state index contributed by atoms with van der Waals surface area (Å²) in [4.78, 5) is 0. The van der Waals surface area contributed by atoms with E-state index in [2.05, 4.69) is 24.3 Å². The van der Waals surface area contributed by atoms with Crippen LogP contribution in [-0.4, -0.2) is 10.7 Å². The molecule has 2 aromatic carbocycles. The summed E-state index contributed by atoms with van der Waals surface area (Å²) in [5, 5.41) is 12.4. The van der Waals surface area contributed by atoms with Crippen LogP contribution < -0.4 is 5.73 Å². The first-order valence-corrected chi connectivity index (χ1v) is 5.66. The van der Waals surface area contributed by atoms with Gasteiger partial charge in [-0.1, -0.05) is 36.4 Å². The molecule has 0 aromatic heterocycles. The molecule has 0 amide bonds. The Bertz CT molecular complexity index is 531. The largest absolute Gasteiger partial charge is 0.388 e. The molecular formula is C14H15NO. The minimum absolute atomic E-state index is 0.253. The van der Waals surface area contributed by atoms with E-state index >= 15 is 0 Å². The first kappa shape index (κ1) is 9.82. The summed E-state index contributed by atoms with van der Waals surface area (Å²) < 4.78 is 0. The zero-order valence-corrected chi connectivity index (χ0v) is 9.06. The summed E-state index contributed by atoms with van der Waals surface area (Å²) in [6.07, 6.45) is 1.64. The van der Waals surface area contributed by atoms with Crippen LogP contribution in [0.25, 0.3) is 10.8 Å². The highest BCUT2D eigenvalue weighted by Crippen LogP contribution is 2.44. The number of fused-ring (bicyclic) bond motifs is 1. The highest BCUT2D eigenvalue weighted by Gasteiger charge is 2.46. The molecule has 3 N–H and O–H groups in total. The summed E-state index contributed by atoms with van der Waals surface area (Å²) in [6.45, 7) is 0. The van der Waals surface area contributed by atoms with Gasteiger partial charge >= 0.3 is 0 Å². The van der Waals surface area contributed by atoms with Crippen LogP contribution >= 0.6 is 0 Å². The van der Waals surface area contributed by atoms with E-state index in [0.29, 0.717) is 0 Å². The van der Waals surface area contributed by atoms with Crippen molar-refractivity contribution >= 4 is 10.8 Å². The highest BCUT2D eigenvalue weighted by molar-refractivity contribution is 5.83. The SMILES string of the molecule is N[C@H](c1ccc2ccccc2c1)C1(O)CC1. The second-order valence-corrected chi connectivity index (χ2v) is 4.69. The molecule has 2 aromatic rings. The van der Waals surface area contributed by atoms with Gasteiger partial charge < -0.3 is 10.8 Å². The molecule has 3 rings (SSSR count). The lowest BCUT2D eigenvalue weighted by Gasteiger charge is -2.18. The van der Waals surface area contributed by atoms with Crippen LogP contribution in [0.15, 0.2) is 42.5 Å². The summed E-state index contributed by atoms with van der Waals surface area (Å²) >= 11 is 0. The van der Waals surface area contributed by atoms with E-state index in [1.165, 1.54) is 10.8 Å². The normalized spacial score (nSPS) is 19.6. The van der Waals surface area contributed by atoms with Crippen LogP contribution in [-0.2, 0) is 0 Å². The molecule has 0 spiro atoms. The number of hydrogen-bond acceptors (Lipinski definition) is 2. The van der Waals surface area contributed by atoms with Crippen molar-refractivity contribution in [3.05, 3.63) is 48.0 Å². The van der Waals surface area contributed by atoms with Crippen LogP contribution in [0, 0.1) is 0 Å². The molecule has 1 saturated carbocycles. The van der Waals surface area contributed by atoms with Gasteiger partial charge in [0.25, 0.3) is 0 Å². The Morgan fingerprint density at radius 1 is 1.06 bits per heavy atom. The predicted molar refractivity (Wildman–Crippen MR) is 65.1 cm³/mol. The third-order valence-electron chi connectivity index (χ3n) is 3.47. The van der Waals surface area contributed by atoms with Gasteiger partial charge in [-0.3, -0.25) is 0 Å². The number of nitrogens with two attached hydrogens (primary N) is 1. The van der Waals surface area contributed by atoms with E-state index in [0.717, 1.165) is 18.4 Å². The van der Waals surface area contributed by atoms with E-state index in [1.54, 1.807) is 0 Å². The Morgan fingerprint density at radius 2 is 1.75 bits per heavy atom. The third-order valence-corrected chi connectivity index (χ3v) is 3.47. The van der Waals surface area contributed by atoms with Crippen molar-refractivity contribution in [1.29, 1.82) is 0 Å². The highest BCUT2D eigenvalue weighted by atomic mass is 16.3. The Labute approximate surface area is 94.7 Å². The molecule has 2 heteroatoms. The molecule has 1 atom stereocenters. The molecule has 0 bridgehead atoms. The molecule has 1 aliphatic rings. The maximum absolute atomic E-state index is 10.00. The van der Waals surface area contributed by atoms with Crippen molar-refractivity contribution in [1.82, 2.24) is 0 Å². The first-order chi connectivity index (χ1) is 7.69. The van der Waals surface area contributed by atoms with Gasteiger partial charge in [-0.05, 0) is 35.2 Å². The average molecular weight is 213 g/mol. The van der Waals surface area contributed by atoms with Crippen LogP contribution in [0.2, 0.25) is 0 Å². The standard InChI is InChI=1S/C14H15NO/c15-13(14(16)7-8-14)12-6-5-10-3-1-2-4-11(10)9-12/h1-6,9,13,16H,7-8,15H2/t13-/m1/s1. The molecule has 1 aliphatic carbocycles. The van der Waals surface area contributed by atoms with E-state index in [9.17, 15) is 5.11 Å². The van der Waals surface area contributed by atoms with Crippen LogP contribution in [0.1, 0.15) is 24.4 Å². The summed E-state index contributed by atoms with van der Waals surface area (Å²) in [6, 6.07) is 14.1. The van der Waals surface area contributed by atoms with Gasteiger partial charge in [-0.15, -0.1) is 0 Å². The van der Waals surface area contributed by atoms with Gasteiger partial charge in [-0.2, -0.15) is 0 Å². The van der Waals surface area contributed by atoms with E-state index in [1.807, 2.05) is 18.2 Å². The lowest BCUT2D eigenvalue weighted by molar-refractivity contribution is 0.120. The van der Waals surface area contributed by atoms with Gasteiger partial charge in [-0.25, -0.2) is 0 Å². The first-order valence-electron chi connectivity index (χ1n) is 5.66. The Kier molecular flexibility index (Phi) is 2.03. The summed E-state index contributed by atoms with van der Waals surface area (Å²) in [5.74, 6) is 0. The van der Waals surface area contributed by atoms with Crippen molar-refractivity contribution in [2.45, 2.75) is 24.5 Å². The molecule has 0 saturated heterocycles. The number of hydrogen-bond donors (Lipinski definition) is 2. The smallest absolute Gasteiger partial charge is 0.0841 e. The molecule has 82 valence electrons. The average Bonchev–Trinajstić information content (AvgIpc) is 3.07. The fraction of sp³-hybridized carbons (Fsp3) is 0.286. The fourth-order valence-corrected chi connectivity index (χ4v) is 2.15. The number of rotatable bonds is 2. The zero-order chi connectivity index (χ0) is 11.2. The van der Waals surface area contributed by atoms with Crippen molar-refractivity contribution in [3.63, 3.8) is 0 Å². The van der Waals surface area contributed by atoms with Crippen molar-refractivity contribution in [3.8, 4) is 0 Å². The van der Waals surface area contributed by atoms with Gasteiger partial charge in [0.1, 0.15) is 0 Å². The lowest BCUT2D eigenvalue weighted by Crippen LogP contribution is -2.27. The maximum atomic E-state index is 10.00. The second-order valence-electron chi connectivity index (χ2n) is 4.69. The molecule has 0 radical (unpaired) electrons. The monoisotopic (exact) mass is 213 g/mol. The Hall–Kier alpha value is -1.38. The van der Waals surface area contributed by atoms with Crippen LogP contribution in [0.4, 0.5) is 0 Å². The second kappa shape index (κ2) is 3.30. The molecule has 1 fully saturated rings. The van der Waals surface area contributed by atoms with E-state index in [4.69, 9.17) is 5.73 Å². The molecule has 0 heterocycles. The molecule has 0 aliphatic heterocycles. The van der Waals surface area contributed by atoms with Gasteiger partial charge in [0, 0.05) is 0 Å². The molecule has 0 unspecified atom stereocenters. The Morgan fingerprint density at radius 3 is 2.44 bits per heavy atom. The van der Waals surface area contributed by atoms with E-state index < -0.39 is 5.60 Å². The van der Waals surface area contributed by atoms with Crippen LogP contribution in [0.3, 0.4) is 0 Å². The number of aliphatic hydroxyl groups is 1. The summed E-state index contributed by atoms with van der Waals surface area (Å²) in [5.41, 5.74) is 6.45. The maximum Gasteiger partial charge on any atom is 0.0841 e. The zero-order valence-electron chi connectivity index (χ0n) is 9.06. The van der Waals surface area contributed by atoms with E-state index in [-0.39, 0.29) is 6.04 Å². The van der Waals surface area contributed by atoms with Crippen molar-refractivity contribution in [2.24, 2.45) is 5.73 Å². The quantitative estimate of drug-likeness (QED) is 0.804. The predicted octanol–water partition coefficient (Wildman–Crippen LogP) is 2.36. The third kappa shape index (κ3) is 1.51. The van der Waals surface area contributed by atoms with Crippen molar-refractivity contribution in [2.75, 3.05) is 0 Å². The lowest BCUT2D eigenvalue weighted by atomic mass is 9.97. The van der Waals surface area contributed by atoms with Crippen molar-refractivity contribution < 1.29 is 5.11 Å². The van der Waals surface area contributed by atoms with Gasteiger partial charge in [0.2, 0.25) is 0 Å². The molecule has 2 nitrogen and oxygen atoms in total. The minimum atomic E-state index is -0.650. The van der Waals surface area contributed by atoms with Gasteiger partial charge in [0.05, 0.1) is 11.6 Å². The fourth-order valence-electron chi connectivity index (χ4n) is 2.15. The minimum Gasteiger partial charge on any atom is -0.388 e. The molecule has 16 heavy (non-hydrogen) atoms. The molecular weight excluding hydrogens is 198 g/mol.